The van der Waals surface area contributed by atoms with Gasteiger partial charge >= 0.3 is 0 Å². The highest BCUT2D eigenvalue weighted by Crippen LogP contribution is 2.21. The second-order valence-electron chi connectivity index (χ2n) is 5.05. The lowest BCUT2D eigenvalue weighted by molar-refractivity contribution is -0.136. The molecule has 0 spiro atoms. The van der Waals surface area contributed by atoms with E-state index in [1.807, 2.05) is 4.90 Å². The van der Waals surface area contributed by atoms with Gasteiger partial charge in [-0.1, -0.05) is 5.16 Å². The quantitative estimate of drug-likeness (QED) is 0.791. The number of piperazine rings is 1. The van der Waals surface area contributed by atoms with Crippen LogP contribution < -0.4 is 5.32 Å². The van der Waals surface area contributed by atoms with Crippen molar-refractivity contribution >= 4 is 5.91 Å². The molecule has 0 aliphatic carbocycles. The van der Waals surface area contributed by atoms with Gasteiger partial charge < -0.3 is 14.7 Å². The van der Waals surface area contributed by atoms with Crippen LogP contribution in [0.4, 0.5) is 0 Å². The standard InChI is InChI=1S/C12H19N5O2/c18-12(16-6-3-13-4-7-16)10-2-1-5-17(10)8-11-14-9-19-15-11/h9-10,13H,1-8H2. The lowest BCUT2D eigenvalue weighted by Gasteiger charge is -2.32. The average molecular weight is 265 g/mol. The van der Waals surface area contributed by atoms with Gasteiger partial charge in [-0.15, -0.1) is 0 Å². The Morgan fingerprint density at radius 1 is 1.42 bits per heavy atom. The largest absolute Gasteiger partial charge is 0.343 e. The molecule has 1 N–H and O–H groups in total. The summed E-state index contributed by atoms with van der Waals surface area (Å²) in [4.78, 5) is 20.7. The molecule has 3 heterocycles. The second-order valence-corrected chi connectivity index (χ2v) is 5.05. The highest BCUT2D eigenvalue weighted by molar-refractivity contribution is 5.82. The van der Waals surface area contributed by atoms with Crippen molar-refractivity contribution in [3.63, 3.8) is 0 Å². The molecule has 1 unspecified atom stereocenters. The lowest BCUT2D eigenvalue weighted by Crippen LogP contribution is -2.52. The molecule has 0 aromatic carbocycles. The van der Waals surface area contributed by atoms with Gasteiger partial charge in [0.25, 0.3) is 0 Å². The zero-order chi connectivity index (χ0) is 13.1. The van der Waals surface area contributed by atoms with Crippen LogP contribution in [-0.2, 0) is 11.3 Å². The van der Waals surface area contributed by atoms with E-state index in [-0.39, 0.29) is 11.9 Å². The fourth-order valence-corrected chi connectivity index (χ4v) is 2.83. The summed E-state index contributed by atoms with van der Waals surface area (Å²) >= 11 is 0. The van der Waals surface area contributed by atoms with E-state index in [2.05, 4.69) is 20.4 Å². The van der Waals surface area contributed by atoms with Crippen molar-refractivity contribution in [2.24, 2.45) is 0 Å². The molecule has 1 atom stereocenters. The predicted molar refractivity (Wildman–Crippen MR) is 67.2 cm³/mol. The summed E-state index contributed by atoms with van der Waals surface area (Å²) < 4.78 is 4.75. The first-order valence-electron chi connectivity index (χ1n) is 6.83. The Morgan fingerprint density at radius 2 is 2.26 bits per heavy atom. The number of hydrogen-bond acceptors (Lipinski definition) is 6. The van der Waals surface area contributed by atoms with E-state index in [0.29, 0.717) is 12.4 Å². The maximum Gasteiger partial charge on any atom is 0.240 e. The van der Waals surface area contributed by atoms with E-state index in [0.717, 1.165) is 45.6 Å². The maximum atomic E-state index is 12.5. The molecule has 7 heteroatoms. The third kappa shape index (κ3) is 2.76. The maximum absolute atomic E-state index is 12.5. The molecule has 3 rings (SSSR count). The van der Waals surface area contributed by atoms with Gasteiger partial charge in [-0.3, -0.25) is 9.69 Å². The van der Waals surface area contributed by atoms with Crippen molar-refractivity contribution < 1.29 is 9.32 Å². The van der Waals surface area contributed by atoms with Crippen LogP contribution in [0.3, 0.4) is 0 Å². The Labute approximate surface area is 111 Å². The molecule has 1 aromatic rings. The summed E-state index contributed by atoms with van der Waals surface area (Å²) in [5.74, 6) is 0.905. The monoisotopic (exact) mass is 265 g/mol. The zero-order valence-corrected chi connectivity index (χ0v) is 10.9. The van der Waals surface area contributed by atoms with Crippen LogP contribution in [0.15, 0.2) is 10.9 Å². The van der Waals surface area contributed by atoms with Crippen LogP contribution in [0.2, 0.25) is 0 Å². The first-order chi connectivity index (χ1) is 9.34. The fourth-order valence-electron chi connectivity index (χ4n) is 2.83. The van der Waals surface area contributed by atoms with Gasteiger partial charge in [-0.2, -0.15) is 4.98 Å². The number of likely N-dealkylation sites (tertiary alicyclic amines) is 1. The number of nitrogens with one attached hydrogen (secondary N) is 1. The number of carbonyl (C=O) groups is 1. The molecule has 0 radical (unpaired) electrons. The van der Waals surface area contributed by atoms with Crippen molar-refractivity contribution in [1.29, 1.82) is 0 Å². The van der Waals surface area contributed by atoms with Gasteiger partial charge in [-0.25, -0.2) is 0 Å². The van der Waals surface area contributed by atoms with Gasteiger partial charge in [0.05, 0.1) is 12.6 Å². The first kappa shape index (κ1) is 12.6. The van der Waals surface area contributed by atoms with Crippen molar-refractivity contribution in [2.45, 2.75) is 25.4 Å². The molecule has 0 bridgehead atoms. The van der Waals surface area contributed by atoms with E-state index < -0.39 is 0 Å². The van der Waals surface area contributed by atoms with Crippen molar-refractivity contribution in [3.8, 4) is 0 Å². The Kier molecular flexibility index (Phi) is 3.74. The minimum absolute atomic E-state index is 0.0170. The molecule has 1 aromatic heterocycles. The number of carbonyl (C=O) groups excluding carboxylic acids is 1. The minimum atomic E-state index is -0.0170. The number of nitrogens with zero attached hydrogens (tertiary/aromatic N) is 4. The Morgan fingerprint density at radius 3 is 3.00 bits per heavy atom. The molecule has 2 aliphatic heterocycles. The number of rotatable bonds is 3. The van der Waals surface area contributed by atoms with E-state index in [4.69, 9.17) is 4.52 Å². The molecule has 7 nitrogen and oxygen atoms in total. The summed E-state index contributed by atoms with van der Waals surface area (Å²) in [6.45, 7) is 4.93. The topological polar surface area (TPSA) is 74.5 Å². The normalized spacial score (nSPS) is 24.8. The van der Waals surface area contributed by atoms with Gasteiger partial charge in [0.2, 0.25) is 12.3 Å². The van der Waals surface area contributed by atoms with Crippen LogP contribution in [0.5, 0.6) is 0 Å². The molecule has 2 fully saturated rings. The van der Waals surface area contributed by atoms with Gasteiger partial charge in [-0.05, 0) is 19.4 Å². The lowest BCUT2D eigenvalue weighted by atomic mass is 10.1. The van der Waals surface area contributed by atoms with Crippen molar-refractivity contribution in [1.82, 2.24) is 25.3 Å². The third-order valence-electron chi connectivity index (χ3n) is 3.83. The van der Waals surface area contributed by atoms with Gasteiger partial charge in [0.1, 0.15) is 0 Å². The van der Waals surface area contributed by atoms with Crippen LogP contribution in [0.1, 0.15) is 18.7 Å². The average Bonchev–Trinajstić information content (AvgIpc) is 3.11. The molecule has 2 aliphatic rings. The van der Waals surface area contributed by atoms with Crippen LogP contribution in [0.25, 0.3) is 0 Å². The fraction of sp³-hybridized carbons (Fsp3) is 0.750. The van der Waals surface area contributed by atoms with Crippen LogP contribution >= 0.6 is 0 Å². The Balaban J connectivity index is 1.63. The minimum Gasteiger partial charge on any atom is -0.343 e. The summed E-state index contributed by atoms with van der Waals surface area (Å²) in [5.41, 5.74) is 0. The van der Waals surface area contributed by atoms with Gasteiger partial charge in [0, 0.05) is 26.2 Å². The Hall–Kier alpha value is -1.47. The smallest absolute Gasteiger partial charge is 0.240 e. The number of amides is 1. The molecular weight excluding hydrogens is 246 g/mol. The molecule has 1 amide bonds. The molecule has 19 heavy (non-hydrogen) atoms. The summed E-state index contributed by atoms with van der Waals surface area (Å²) in [7, 11) is 0. The number of aromatic nitrogens is 2. The highest BCUT2D eigenvalue weighted by Gasteiger charge is 2.34. The van der Waals surface area contributed by atoms with E-state index in [1.54, 1.807) is 0 Å². The van der Waals surface area contributed by atoms with E-state index in [1.165, 1.54) is 6.39 Å². The third-order valence-corrected chi connectivity index (χ3v) is 3.83. The first-order valence-corrected chi connectivity index (χ1v) is 6.83. The zero-order valence-electron chi connectivity index (χ0n) is 10.9. The summed E-state index contributed by atoms with van der Waals surface area (Å²) in [6.07, 6.45) is 3.32. The van der Waals surface area contributed by atoms with E-state index >= 15 is 0 Å². The molecule has 104 valence electrons. The summed E-state index contributed by atoms with van der Waals surface area (Å²) in [6, 6.07) is -0.0170. The van der Waals surface area contributed by atoms with E-state index in [9.17, 15) is 4.79 Å². The second kappa shape index (κ2) is 5.66. The molecule has 0 saturated carbocycles. The SMILES string of the molecule is O=C(C1CCCN1Cc1ncon1)N1CCNCC1. The van der Waals surface area contributed by atoms with Crippen LogP contribution in [-0.4, -0.2) is 64.6 Å². The van der Waals surface area contributed by atoms with Crippen LogP contribution in [0, 0.1) is 0 Å². The molecular formula is C12H19N5O2. The van der Waals surface area contributed by atoms with Crippen molar-refractivity contribution in [2.75, 3.05) is 32.7 Å². The van der Waals surface area contributed by atoms with Crippen molar-refractivity contribution in [3.05, 3.63) is 12.2 Å². The summed E-state index contributed by atoms with van der Waals surface area (Å²) in [5, 5.41) is 7.09. The number of hydrogen-bond donors (Lipinski definition) is 1. The Bertz CT molecular complexity index is 416. The predicted octanol–water partition coefficient (Wildman–Crippen LogP) is -0.534. The molecule has 2 saturated heterocycles. The highest BCUT2D eigenvalue weighted by atomic mass is 16.5. The van der Waals surface area contributed by atoms with Gasteiger partial charge in [0.15, 0.2) is 5.82 Å².